The molecule has 0 fully saturated rings. The van der Waals surface area contributed by atoms with Crippen LogP contribution in [-0.2, 0) is 9.59 Å². The number of rotatable bonds is 40. The summed E-state index contributed by atoms with van der Waals surface area (Å²) in [6.07, 6.45) is 16.7. The molecule has 0 aliphatic rings. The smallest absolute Gasteiger partial charge is 0.237 e. The number of hydrogen-bond acceptors (Lipinski definition) is 12. The molecule has 0 spiro atoms. The quantitative estimate of drug-likeness (QED) is 0.0298. The van der Waals surface area contributed by atoms with Crippen molar-refractivity contribution < 1.29 is 9.59 Å². The Morgan fingerprint density at radius 1 is 0.538 bits per heavy atom. The maximum atomic E-state index is 13.0. The molecular weight excluding hydrogens is 656 g/mol. The largest absolute Gasteiger partial charge is 0.355 e. The molecule has 14 N–H and O–H groups in total. The Bertz CT molecular complexity index is 823. The van der Waals surface area contributed by atoms with Crippen molar-refractivity contribution in [3.8, 4) is 0 Å². The molecule has 0 saturated heterocycles. The van der Waals surface area contributed by atoms with E-state index in [4.69, 9.17) is 22.9 Å². The molecule has 0 aromatic carbocycles. The van der Waals surface area contributed by atoms with Crippen LogP contribution in [0.2, 0.25) is 0 Å². The average molecular weight is 741 g/mol. The van der Waals surface area contributed by atoms with Crippen LogP contribution in [0, 0.1) is 0 Å². The van der Waals surface area contributed by atoms with E-state index >= 15 is 0 Å². The van der Waals surface area contributed by atoms with Crippen LogP contribution in [0.4, 0.5) is 0 Å². The fourth-order valence-electron chi connectivity index (χ4n) is 5.81. The molecule has 2 atom stereocenters. The summed E-state index contributed by atoms with van der Waals surface area (Å²) in [4.78, 5) is 30.8. The van der Waals surface area contributed by atoms with Gasteiger partial charge < -0.3 is 59.7 Å². The van der Waals surface area contributed by atoms with Gasteiger partial charge in [0.2, 0.25) is 11.8 Å². The van der Waals surface area contributed by atoms with Crippen molar-refractivity contribution in [3.05, 3.63) is 12.2 Å². The van der Waals surface area contributed by atoms with Crippen LogP contribution in [0.5, 0.6) is 0 Å². The van der Waals surface area contributed by atoms with Gasteiger partial charge in [-0.1, -0.05) is 19.1 Å². The van der Waals surface area contributed by atoms with Crippen molar-refractivity contribution in [3.63, 3.8) is 0 Å². The Hall–Kier alpha value is -1.72. The first-order valence-corrected chi connectivity index (χ1v) is 20.7. The van der Waals surface area contributed by atoms with Crippen molar-refractivity contribution in [1.29, 1.82) is 0 Å². The number of carbonyl (C=O) groups excluding carboxylic acids is 2. The third-order valence-corrected chi connectivity index (χ3v) is 8.98. The number of allylic oxidation sites excluding steroid dienone is 1. The number of hydrogen-bond donors (Lipinski definition) is 10. The molecule has 0 radical (unpaired) electrons. The topological polar surface area (TPSA) is 217 Å². The maximum Gasteiger partial charge on any atom is 0.237 e. The van der Waals surface area contributed by atoms with Crippen molar-refractivity contribution in [2.75, 3.05) is 118 Å². The first-order chi connectivity index (χ1) is 25.4. The van der Waals surface area contributed by atoms with Gasteiger partial charge in [0.05, 0.1) is 12.1 Å². The number of nitrogens with zero attached hydrogens (tertiary/aromatic N) is 2. The molecule has 308 valence electrons. The zero-order valence-electron chi connectivity index (χ0n) is 33.5. The highest BCUT2D eigenvalue weighted by Crippen LogP contribution is 2.03. The highest BCUT2D eigenvalue weighted by atomic mass is 16.2. The number of amides is 2. The second-order valence-electron chi connectivity index (χ2n) is 13.8. The molecule has 0 heterocycles. The molecule has 52 heavy (non-hydrogen) atoms. The molecule has 0 aromatic heterocycles. The molecule has 0 rings (SSSR count). The standard InChI is InChI=1S/C38H84N12O2/c1-3-4-5-32-50(34-15-29-48-38(52)36(46-27-13-21-42)17-9-23-44-25-11-19-40)33-7-6-30-49(2)31-14-28-47-37(51)35(45-26-12-20-41)16-8-22-43-24-10-18-39/h4-5,35-36,43-46H,3,6-34,39-42H2,1-2H3,(H,47,51)(H,48,52)/b5-4-. The van der Waals surface area contributed by atoms with Gasteiger partial charge in [0.25, 0.3) is 0 Å². The van der Waals surface area contributed by atoms with Crippen molar-refractivity contribution in [1.82, 2.24) is 41.7 Å². The summed E-state index contributed by atoms with van der Waals surface area (Å²) in [6, 6.07) is -0.374. The molecule has 2 unspecified atom stereocenters. The van der Waals surface area contributed by atoms with Crippen LogP contribution < -0.4 is 54.8 Å². The molecular formula is C38H84N12O2. The maximum absolute atomic E-state index is 13.0. The van der Waals surface area contributed by atoms with E-state index in [9.17, 15) is 9.59 Å². The SMILES string of the molecule is CC/C=C\CN(CCCCN(C)CCCNC(=O)C(CCCNCCCN)NCCCN)CCCNC(=O)C(CCCNCCCN)NCCCN. The van der Waals surface area contributed by atoms with Crippen molar-refractivity contribution in [2.24, 2.45) is 22.9 Å². The average Bonchev–Trinajstić information content (AvgIpc) is 3.14. The Morgan fingerprint density at radius 2 is 0.962 bits per heavy atom. The Kier molecular flexibility index (Phi) is 37.7. The third-order valence-electron chi connectivity index (χ3n) is 8.98. The minimum Gasteiger partial charge on any atom is -0.355 e. The fraction of sp³-hybridized carbons (Fsp3) is 0.895. The van der Waals surface area contributed by atoms with E-state index < -0.39 is 0 Å². The minimum absolute atomic E-state index is 0.0830. The Balaban J connectivity index is 4.48. The molecule has 0 aliphatic heterocycles. The second kappa shape index (κ2) is 39.0. The molecule has 14 nitrogen and oxygen atoms in total. The number of nitrogens with two attached hydrogens (primary N) is 4. The zero-order valence-corrected chi connectivity index (χ0v) is 33.5. The van der Waals surface area contributed by atoms with Gasteiger partial charge in [0.15, 0.2) is 0 Å². The fourth-order valence-corrected chi connectivity index (χ4v) is 5.81. The molecule has 0 bridgehead atoms. The lowest BCUT2D eigenvalue weighted by Gasteiger charge is -2.23. The van der Waals surface area contributed by atoms with Gasteiger partial charge >= 0.3 is 0 Å². The van der Waals surface area contributed by atoms with E-state index in [0.717, 1.165) is 155 Å². The first-order valence-electron chi connectivity index (χ1n) is 20.7. The summed E-state index contributed by atoms with van der Waals surface area (Å²) in [5.41, 5.74) is 22.5. The van der Waals surface area contributed by atoms with E-state index in [1.165, 1.54) is 0 Å². The number of carbonyl (C=O) groups is 2. The van der Waals surface area contributed by atoms with Crippen LogP contribution in [0.25, 0.3) is 0 Å². The van der Waals surface area contributed by atoms with Gasteiger partial charge in [-0.2, -0.15) is 0 Å². The highest BCUT2D eigenvalue weighted by molar-refractivity contribution is 5.82. The van der Waals surface area contributed by atoms with E-state index in [2.05, 4.69) is 67.8 Å². The molecule has 14 heteroatoms. The highest BCUT2D eigenvalue weighted by Gasteiger charge is 2.18. The predicted molar refractivity (Wildman–Crippen MR) is 220 cm³/mol. The molecule has 0 aromatic rings. The van der Waals surface area contributed by atoms with Crippen LogP contribution in [0.3, 0.4) is 0 Å². The third kappa shape index (κ3) is 31.8. The van der Waals surface area contributed by atoms with Crippen LogP contribution in [0.1, 0.15) is 90.4 Å². The van der Waals surface area contributed by atoms with Gasteiger partial charge in [-0.15, -0.1) is 0 Å². The van der Waals surface area contributed by atoms with Gasteiger partial charge in [0, 0.05) is 26.2 Å². The van der Waals surface area contributed by atoms with Crippen LogP contribution in [-0.4, -0.2) is 152 Å². The van der Waals surface area contributed by atoms with E-state index in [1.54, 1.807) is 0 Å². The lowest BCUT2D eigenvalue weighted by atomic mass is 10.1. The van der Waals surface area contributed by atoms with E-state index in [1.807, 2.05) is 0 Å². The van der Waals surface area contributed by atoms with Gasteiger partial charge in [-0.3, -0.25) is 14.5 Å². The second-order valence-corrected chi connectivity index (χ2v) is 13.8. The zero-order chi connectivity index (χ0) is 38.3. The Labute approximate surface area is 318 Å². The van der Waals surface area contributed by atoms with Crippen LogP contribution in [0.15, 0.2) is 12.2 Å². The monoisotopic (exact) mass is 741 g/mol. The summed E-state index contributed by atoms with van der Waals surface area (Å²) in [6.45, 7) is 16.2. The summed E-state index contributed by atoms with van der Waals surface area (Å²) in [5.74, 6) is 0.167. The van der Waals surface area contributed by atoms with Crippen LogP contribution >= 0.6 is 0 Å². The van der Waals surface area contributed by atoms with Gasteiger partial charge in [0.1, 0.15) is 0 Å². The van der Waals surface area contributed by atoms with Crippen molar-refractivity contribution in [2.45, 2.75) is 102 Å². The van der Waals surface area contributed by atoms with Gasteiger partial charge in [-0.05, 0) is 176 Å². The van der Waals surface area contributed by atoms with E-state index in [-0.39, 0.29) is 23.9 Å². The molecule has 0 saturated carbocycles. The predicted octanol–water partition coefficient (Wildman–Crippen LogP) is 0.0304. The van der Waals surface area contributed by atoms with Crippen molar-refractivity contribution >= 4 is 11.8 Å². The molecule has 2 amide bonds. The summed E-state index contributed by atoms with van der Waals surface area (Å²) in [5, 5.41) is 19.9. The summed E-state index contributed by atoms with van der Waals surface area (Å²) in [7, 11) is 2.16. The number of nitrogens with one attached hydrogen (secondary N) is 6. The first kappa shape index (κ1) is 50.3. The summed E-state index contributed by atoms with van der Waals surface area (Å²) < 4.78 is 0. The lowest BCUT2D eigenvalue weighted by molar-refractivity contribution is -0.124. The normalized spacial score (nSPS) is 13.0. The van der Waals surface area contributed by atoms with Gasteiger partial charge in [-0.25, -0.2) is 0 Å². The lowest BCUT2D eigenvalue weighted by Crippen LogP contribution is -2.45. The molecule has 0 aliphatic carbocycles. The minimum atomic E-state index is -0.190. The Morgan fingerprint density at radius 3 is 1.46 bits per heavy atom. The number of unbranched alkanes of at least 4 members (excludes halogenated alkanes) is 1. The summed E-state index contributed by atoms with van der Waals surface area (Å²) >= 11 is 0. The van der Waals surface area contributed by atoms with E-state index in [0.29, 0.717) is 39.3 Å².